The van der Waals surface area contributed by atoms with Crippen molar-refractivity contribution in [1.82, 2.24) is 30.4 Å². The van der Waals surface area contributed by atoms with Gasteiger partial charge in [-0.3, -0.25) is 14.5 Å². The van der Waals surface area contributed by atoms with Gasteiger partial charge in [-0.25, -0.2) is 0 Å². The molecule has 9 heteroatoms. The molecule has 0 fully saturated rings. The van der Waals surface area contributed by atoms with E-state index in [2.05, 4.69) is 25.7 Å². The number of amides is 1. The van der Waals surface area contributed by atoms with Crippen molar-refractivity contribution in [2.45, 2.75) is 47.1 Å². The van der Waals surface area contributed by atoms with Gasteiger partial charge in [0.2, 0.25) is 0 Å². The number of nitrogens with zero attached hydrogens (tertiary/aromatic N) is 5. The number of hydrogen-bond acceptors (Lipinski definition) is 7. The fourth-order valence-corrected chi connectivity index (χ4v) is 3.56. The van der Waals surface area contributed by atoms with Crippen LogP contribution < -0.4 is 5.32 Å². The number of rotatable bonds is 7. The highest BCUT2D eigenvalue weighted by Crippen LogP contribution is 2.32. The second-order valence-electron chi connectivity index (χ2n) is 8.06. The highest BCUT2D eigenvalue weighted by Gasteiger charge is 2.23. The first kappa shape index (κ1) is 21.5. The van der Waals surface area contributed by atoms with Crippen LogP contribution in [0.15, 0.2) is 39.6 Å². The topological polar surface area (TPSA) is 112 Å². The van der Waals surface area contributed by atoms with Gasteiger partial charge in [0.15, 0.2) is 5.76 Å². The quantitative estimate of drug-likeness (QED) is 0.467. The van der Waals surface area contributed by atoms with Gasteiger partial charge in [-0.05, 0) is 38.8 Å². The van der Waals surface area contributed by atoms with Crippen molar-refractivity contribution in [1.29, 1.82) is 0 Å². The van der Waals surface area contributed by atoms with Crippen LogP contribution in [0.2, 0.25) is 0 Å². The summed E-state index contributed by atoms with van der Waals surface area (Å²) in [6.07, 6.45) is 3.56. The molecule has 4 heterocycles. The molecule has 0 aromatic carbocycles. The molecule has 0 saturated carbocycles. The summed E-state index contributed by atoms with van der Waals surface area (Å²) in [7, 11) is 0. The highest BCUT2D eigenvalue weighted by molar-refractivity contribution is 5.96. The summed E-state index contributed by atoms with van der Waals surface area (Å²) in [5.74, 6) is 1.03. The van der Waals surface area contributed by atoms with Gasteiger partial charge in [0.05, 0.1) is 35.4 Å². The van der Waals surface area contributed by atoms with Gasteiger partial charge in [-0.2, -0.15) is 5.10 Å². The third-order valence-electron chi connectivity index (χ3n) is 5.19. The van der Waals surface area contributed by atoms with Crippen molar-refractivity contribution >= 4 is 5.91 Å². The highest BCUT2D eigenvalue weighted by atomic mass is 16.5. The molecule has 1 N–H and O–H groups in total. The molecule has 0 aliphatic rings. The average Bonchev–Trinajstić information content (AvgIpc) is 3.47. The Labute approximate surface area is 185 Å². The lowest BCUT2D eigenvalue weighted by Gasteiger charge is -2.11. The van der Waals surface area contributed by atoms with Crippen molar-refractivity contribution in [3.8, 4) is 22.6 Å². The first-order chi connectivity index (χ1) is 15.3. The standard InChI is InChI=1S/C23H26N6O3/c1-13(2)21-20(16(5)31-28-21)23(30)24-8-9-29-22(17-7-6-14(3)25-11-17)18(12-26-29)19-10-15(4)27-32-19/h6-7,10-13H,8-9H2,1-5H3,(H,24,30). The van der Waals surface area contributed by atoms with Crippen LogP contribution in [0.5, 0.6) is 0 Å². The first-order valence-corrected chi connectivity index (χ1v) is 10.5. The predicted octanol–water partition coefficient (Wildman–Crippen LogP) is 4.07. The minimum Gasteiger partial charge on any atom is -0.361 e. The van der Waals surface area contributed by atoms with Gasteiger partial charge in [-0.1, -0.05) is 24.2 Å². The Bertz CT molecular complexity index is 1230. The lowest BCUT2D eigenvalue weighted by Crippen LogP contribution is -2.28. The SMILES string of the molecule is Cc1ccc(-c2c(-c3cc(C)no3)cnn2CCNC(=O)c2c(C(C)C)noc2C)cn1. The monoisotopic (exact) mass is 434 g/mol. The number of hydrogen-bond donors (Lipinski definition) is 1. The van der Waals surface area contributed by atoms with E-state index in [-0.39, 0.29) is 11.8 Å². The van der Waals surface area contributed by atoms with E-state index in [9.17, 15) is 4.79 Å². The summed E-state index contributed by atoms with van der Waals surface area (Å²) in [6, 6.07) is 5.82. The Hall–Kier alpha value is -3.75. The van der Waals surface area contributed by atoms with Crippen molar-refractivity contribution in [2.24, 2.45) is 0 Å². The first-order valence-electron chi connectivity index (χ1n) is 10.5. The normalized spacial score (nSPS) is 11.3. The second-order valence-corrected chi connectivity index (χ2v) is 8.06. The van der Waals surface area contributed by atoms with E-state index in [0.717, 1.165) is 28.2 Å². The predicted molar refractivity (Wildman–Crippen MR) is 118 cm³/mol. The fourth-order valence-electron chi connectivity index (χ4n) is 3.56. The minimum atomic E-state index is -0.204. The molecule has 4 aromatic heterocycles. The summed E-state index contributed by atoms with van der Waals surface area (Å²) < 4.78 is 12.5. The van der Waals surface area contributed by atoms with Crippen LogP contribution in [-0.4, -0.2) is 37.5 Å². The van der Waals surface area contributed by atoms with Crippen LogP contribution >= 0.6 is 0 Å². The molecule has 0 saturated heterocycles. The zero-order valence-electron chi connectivity index (χ0n) is 18.8. The maximum absolute atomic E-state index is 12.8. The van der Waals surface area contributed by atoms with E-state index in [0.29, 0.717) is 35.9 Å². The maximum Gasteiger partial charge on any atom is 0.256 e. The Morgan fingerprint density at radius 1 is 1.09 bits per heavy atom. The molecular formula is C23H26N6O3. The largest absolute Gasteiger partial charge is 0.361 e. The number of aryl methyl sites for hydroxylation is 3. The Morgan fingerprint density at radius 3 is 2.56 bits per heavy atom. The van der Waals surface area contributed by atoms with Gasteiger partial charge in [0.1, 0.15) is 11.3 Å². The van der Waals surface area contributed by atoms with Gasteiger partial charge >= 0.3 is 0 Å². The Kier molecular flexibility index (Phi) is 5.89. The van der Waals surface area contributed by atoms with Crippen LogP contribution in [0.3, 0.4) is 0 Å². The van der Waals surface area contributed by atoms with Gasteiger partial charge in [-0.15, -0.1) is 0 Å². The molecule has 166 valence electrons. The molecule has 4 rings (SSSR count). The molecule has 0 unspecified atom stereocenters. The summed E-state index contributed by atoms with van der Waals surface area (Å²) >= 11 is 0. The fraction of sp³-hybridized carbons (Fsp3) is 0.348. The van der Waals surface area contributed by atoms with Crippen molar-refractivity contribution in [3.63, 3.8) is 0 Å². The Morgan fingerprint density at radius 2 is 1.91 bits per heavy atom. The van der Waals surface area contributed by atoms with Gasteiger partial charge in [0, 0.05) is 30.1 Å². The molecule has 9 nitrogen and oxygen atoms in total. The van der Waals surface area contributed by atoms with Crippen molar-refractivity contribution in [3.05, 3.63) is 59.0 Å². The molecule has 1 amide bonds. The summed E-state index contributed by atoms with van der Waals surface area (Å²) in [5, 5.41) is 15.5. The Balaban J connectivity index is 1.58. The molecule has 0 radical (unpaired) electrons. The molecule has 0 spiro atoms. The summed E-state index contributed by atoms with van der Waals surface area (Å²) in [5.41, 5.74) is 5.45. The third kappa shape index (κ3) is 4.18. The number of pyridine rings is 1. The lowest BCUT2D eigenvalue weighted by atomic mass is 10.0. The van der Waals surface area contributed by atoms with E-state index in [4.69, 9.17) is 9.05 Å². The molecule has 0 atom stereocenters. The zero-order chi connectivity index (χ0) is 22.8. The van der Waals surface area contributed by atoms with E-state index in [1.807, 2.05) is 56.8 Å². The molecule has 32 heavy (non-hydrogen) atoms. The van der Waals surface area contributed by atoms with E-state index >= 15 is 0 Å². The number of nitrogens with one attached hydrogen (secondary N) is 1. The van der Waals surface area contributed by atoms with Crippen LogP contribution in [0.1, 0.15) is 53.0 Å². The van der Waals surface area contributed by atoms with Gasteiger partial charge < -0.3 is 14.4 Å². The van der Waals surface area contributed by atoms with Crippen LogP contribution in [0.25, 0.3) is 22.6 Å². The zero-order valence-corrected chi connectivity index (χ0v) is 18.8. The van der Waals surface area contributed by atoms with Crippen LogP contribution in [0.4, 0.5) is 0 Å². The van der Waals surface area contributed by atoms with Crippen LogP contribution in [-0.2, 0) is 6.54 Å². The molecule has 4 aromatic rings. The third-order valence-corrected chi connectivity index (χ3v) is 5.19. The smallest absolute Gasteiger partial charge is 0.256 e. The molecule has 0 aliphatic carbocycles. The van der Waals surface area contributed by atoms with Crippen LogP contribution in [0, 0.1) is 20.8 Å². The molecule has 0 aliphatic heterocycles. The average molecular weight is 435 g/mol. The molecule has 0 bridgehead atoms. The van der Waals surface area contributed by atoms with E-state index < -0.39 is 0 Å². The number of aromatic nitrogens is 5. The maximum atomic E-state index is 12.8. The van der Waals surface area contributed by atoms with Crippen molar-refractivity contribution in [2.75, 3.05) is 6.54 Å². The van der Waals surface area contributed by atoms with E-state index in [1.54, 1.807) is 13.1 Å². The summed E-state index contributed by atoms with van der Waals surface area (Å²) in [6.45, 7) is 10.4. The van der Waals surface area contributed by atoms with Crippen molar-refractivity contribution < 1.29 is 13.8 Å². The second kappa shape index (κ2) is 8.78. The lowest BCUT2D eigenvalue weighted by molar-refractivity contribution is 0.0949. The molecular weight excluding hydrogens is 408 g/mol. The number of carbonyl (C=O) groups is 1. The summed E-state index contributed by atoms with van der Waals surface area (Å²) in [4.78, 5) is 17.2. The number of carbonyl (C=O) groups excluding carboxylic acids is 1. The minimum absolute atomic E-state index is 0.0906. The van der Waals surface area contributed by atoms with Gasteiger partial charge in [0.25, 0.3) is 5.91 Å². The van der Waals surface area contributed by atoms with E-state index in [1.165, 1.54) is 0 Å².